The number of hydrogen-bond acceptors (Lipinski definition) is 5. The molecule has 7 heteroatoms. The minimum absolute atomic E-state index is 0.203. The minimum atomic E-state index is -0.671. The molecule has 2 aromatic carbocycles. The van der Waals surface area contributed by atoms with Crippen LogP contribution >= 0.6 is 11.6 Å². The zero-order chi connectivity index (χ0) is 17.5. The molecular weight excluding hydrogens is 334 g/mol. The van der Waals surface area contributed by atoms with Crippen LogP contribution in [0.25, 0.3) is 0 Å². The van der Waals surface area contributed by atoms with Crippen LogP contribution in [0.5, 0.6) is 11.5 Å². The van der Waals surface area contributed by atoms with Crippen molar-refractivity contribution in [3.8, 4) is 11.5 Å². The number of carbonyl (C=O) groups excluding carboxylic acids is 2. The van der Waals surface area contributed by atoms with Gasteiger partial charge in [0, 0.05) is 16.8 Å². The first-order chi connectivity index (χ1) is 11.5. The van der Waals surface area contributed by atoms with E-state index in [0.29, 0.717) is 22.2 Å². The van der Waals surface area contributed by atoms with Gasteiger partial charge in [0.1, 0.15) is 17.1 Å². The number of methoxy groups -OCH3 is 2. The van der Waals surface area contributed by atoms with Crippen molar-refractivity contribution in [1.29, 1.82) is 0 Å². The topological polar surface area (TPSA) is 73.9 Å². The molecule has 0 aliphatic carbocycles. The van der Waals surface area contributed by atoms with Crippen molar-refractivity contribution in [2.75, 3.05) is 26.1 Å². The monoisotopic (exact) mass is 349 g/mol. The molecule has 2 rings (SSSR count). The molecule has 0 saturated carbocycles. The number of nitrogens with one attached hydrogen (secondary N) is 1. The molecule has 0 aromatic heterocycles. The van der Waals surface area contributed by atoms with E-state index in [2.05, 4.69) is 5.32 Å². The number of esters is 1. The van der Waals surface area contributed by atoms with E-state index in [1.807, 2.05) is 0 Å². The number of anilines is 1. The molecule has 0 radical (unpaired) electrons. The van der Waals surface area contributed by atoms with Crippen LogP contribution in [-0.4, -0.2) is 32.7 Å². The molecule has 126 valence electrons. The fourth-order valence-electron chi connectivity index (χ4n) is 1.94. The molecule has 0 heterocycles. The Morgan fingerprint density at radius 2 is 1.88 bits per heavy atom. The number of ether oxygens (including phenoxy) is 3. The van der Waals surface area contributed by atoms with Crippen LogP contribution < -0.4 is 14.8 Å². The van der Waals surface area contributed by atoms with Crippen LogP contribution in [0.1, 0.15) is 10.4 Å². The van der Waals surface area contributed by atoms with Gasteiger partial charge in [-0.05, 0) is 30.3 Å². The Hall–Kier alpha value is -2.73. The summed E-state index contributed by atoms with van der Waals surface area (Å²) in [5, 5.41) is 3.08. The van der Waals surface area contributed by atoms with E-state index in [-0.39, 0.29) is 5.56 Å². The smallest absolute Gasteiger partial charge is 0.342 e. The molecule has 6 nitrogen and oxygen atoms in total. The quantitative estimate of drug-likeness (QED) is 0.811. The SMILES string of the molecule is COc1ccc(C(=O)OCC(=O)Nc2cccc(Cl)c2)c(OC)c1. The lowest BCUT2D eigenvalue weighted by Gasteiger charge is -2.10. The van der Waals surface area contributed by atoms with Gasteiger partial charge in [-0.15, -0.1) is 0 Å². The van der Waals surface area contributed by atoms with E-state index in [4.69, 9.17) is 25.8 Å². The third-order valence-electron chi connectivity index (χ3n) is 3.07. The Morgan fingerprint density at radius 3 is 2.54 bits per heavy atom. The summed E-state index contributed by atoms with van der Waals surface area (Å²) in [5.74, 6) is -0.300. The predicted octanol–water partition coefficient (Wildman–Crippen LogP) is 3.15. The van der Waals surface area contributed by atoms with Crippen LogP contribution in [0.4, 0.5) is 5.69 Å². The van der Waals surface area contributed by atoms with Crippen LogP contribution in [0.15, 0.2) is 42.5 Å². The third-order valence-corrected chi connectivity index (χ3v) is 3.31. The molecule has 24 heavy (non-hydrogen) atoms. The lowest BCUT2D eigenvalue weighted by atomic mass is 10.2. The van der Waals surface area contributed by atoms with Crippen LogP contribution in [0.2, 0.25) is 5.02 Å². The number of halogens is 1. The molecule has 0 aliphatic rings. The maximum atomic E-state index is 12.1. The van der Waals surface area contributed by atoms with Gasteiger partial charge in [-0.3, -0.25) is 4.79 Å². The Kier molecular flexibility index (Phi) is 6.03. The molecule has 0 aliphatic heterocycles. The summed E-state index contributed by atoms with van der Waals surface area (Å²) < 4.78 is 15.2. The third kappa shape index (κ3) is 4.63. The first-order valence-corrected chi connectivity index (χ1v) is 7.36. The van der Waals surface area contributed by atoms with Gasteiger partial charge in [-0.25, -0.2) is 4.79 Å². The number of benzene rings is 2. The van der Waals surface area contributed by atoms with Crippen molar-refractivity contribution in [1.82, 2.24) is 0 Å². The highest BCUT2D eigenvalue weighted by Gasteiger charge is 2.16. The fourth-order valence-corrected chi connectivity index (χ4v) is 2.13. The summed E-state index contributed by atoms with van der Waals surface area (Å²) in [6, 6.07) is 11.3. The summed E-state index contributed by atoms with van der Waals surface area (Å²) in [6.45, 7) is -0.430. The minimum Gasteiger partial charge on any atom is -0.497 e. The second-order valence-corrected chi connectivity index (χ2v) is 5.14. The Balaban J connectivity index is 1.96. The molecule has 0 unspecified atom stereocenters. The maximum Gasteiger partial charge on any atom is 0.342 e. The summed E-state index contributed by atoms with van der Waals surface area (Å²) in [4.78, 5) is 23.9. The standard InChI is InChI=1S/C17H16ClNO5/c1-22-13-6-7-14(15(9-13)23-2)17(21)24-10-16(20)19-12-5-3-4-11(18)8-12/h3-9H,10H2,1-2H3,(H,19,20). The van der Waals surface area contributed by atoms with Crippen molar-refractivity contribution >= 4 is 29.2 Å². The molecule has 0 saturated heterocycles. The number of carbonyl (C=O) groups is 2. The summed E-state index contributed by atoms with van der Waals surface area (Å²) in [6.07, 6.45) is 0. The van der Waals surface area contributed by atoms with Crippen molar-refractivity contribution in [3.05, 3.63) is 53.1 Å². The second-order valence-electron chi connectivity index (χ2n) is 4.70. The average Bonchev–Trinajstić information content (AvgIpc) is 2.59. The van der Waals surface area contributed by atoms with Crippen molar-refractivity contribution in [2.24, 2.45) is 0 Å². The average molecular weight is 350 g/mol. The second kappa shape index (κ2) is 8.21. The lowest BCUT2D eigenvalue weighted by Crippen LogP contribution is -2.21. The summed E-state index contributed by atoms with van der Waals surface area (Å²) >= 11 is 5.83. The van der Waals surface area contributed by atoms with Gasteiger partial charge < -0.3 is 19.5 Å². The molecule has 0 spiro atoms. The summed E-state index contributed by atoms with van der Waals surface area (Å²) in [5.41, 5.74) is 0.722. The van der Waals surface area contributed by atoms with E-state index in [0.717, 1.165) is 0 Å². The maximum absolute atomic E-state index is 12.1. The normalized spacial score (nSPS) is 9.96. The number of rotatable bonds is 6. The van der Waals surface area contributed by atoms with Crippen LogP contribution in [0.3, 0.4) is 0 Å². The van der Waals surface area contributed by atoms with Crippen LogP contribution in [0, 0.1) is 0 Å². The van der Waals surface area contributed by atoms with E-state index < -0.39 is 18.5 Å². The summed E-state index contributed by atoms with van der Waals surface area (Å²) in [7, 11) is 2.93. The van der Waals surface area contributed by atoms with Gasteiger partial charge in [0.2, 0.25) is 0 Å². The van der Waals surface area contributed by atoms with Gasteiger partial charge in [0.25, 0.3) is 5.91 Å². The highest BCUT2D eigenvalue weighted by Crippen LogP contribution is 2.25. The van der Waals surface area contributed by atoms with Crippen molar-refractivity contribution in [2.45, 2.75) is 0 Å². The lowest BCUT2D eigenvalue weighted by molar-refractivity contribution is -0.119. The molecular formula is C17H16ClNO5. The Labute approximate surface area is 144 Å². The molecule has 1 amide bonds. The zero-order valence-electron chi connectivity index (χ0n) is 13.2. The number of amides is 1. The van der Waals surface area contributed by atoms with E-state index in [1.165, 1.54) is 20.3 Å². The van der Waals surface area contributed by atoms with Gasteiger partial charge >= 0.3 is 5.97 Å². The molecule has 0 atom stereocenters. The fraction of sp³-hybridized carbons (Fsp3) is 0.176. The largest absolute Gasteiger partial charge is 0.497 e. The Bertz CT molecular complexity index is 748. The van der Waals surface area contributed by atoms with Gasteiger partial charge in [0.15, 0.2) is 6.61 Å². The van der Waals surface area contributed by atoms with Crippen LogP contribution in [-0.2, 0) is 9.53 Å². The zero-order valence-corrected chi connectivity index (χ0v) is 13.9. The number of hydrogen-bond donors (Lipinski definition) is 1. The first kappa shape index (κ1) is 17.6. The van der Waals surface area contributed by atoms with E-state index in [1.54, 1.807) is 36.4 Å². The Morgan fingerprint density at radius 1 is 1.08 bits per heavy atom. The van der Waals surface area contributed by atoms with Gasteiger partial charge in [-0.2, -0.15) is 0 Å². The first-order valence-electron chi connectivity index (χ1n) is 6.98. The van der Waals surface area contributed by atoms with Gasteiger partial charge in [-0.1, -0.05) is 17.7 Å². The van der Waals surface area contributed by atoms with E-state index >= 15 is 0 Å². The van der Waals surface area contributed by atoms with Crippen molar-refractivity contribution < 1.29 is 23.8 Å². The molecule has 0 fully saturated rings. The predicted molar refractivity (Wildman–Crippen MR) is 89.9 cm³/mol. The molecule has 1 N–H and O–H groups in total. The highest BCUT2D eigenvalue weighted by molar-refractivity contribution is 6.30. The molecule has 0 bridgehead atoms. The van der Waals surface area contributed by atoms with Crippen molar-refractivity contribution in [3.63, 3.8) is 0 Å². The molecule has 2 aromatic rings. The highest BCUT2D eigenvalue weighted by atomic mass is 35.5. The van der Waals surface area contributed by atoms with E-state index in [9.17, 15) is 9.59 Å². The van der Waals surface area contributed by atoms with Gasteiger partial charge in [0.05, 0.1) is 14.2 Å².